The van der Waals surface area contributed by atoms with Gasteiger partial charge in [-0.3, -0.25) is 0 Å². The van der Waals surface area contributed by atoms with Gasteiger partial charge in [0.05, 0.1) is 33.0 Å². The number of nitrogens with two attached hydrogens (primary N) is 1. The van der Waals surface area contributed by atoms with Gasteiger partial charge in [-0.15, -0.1) is 0 Å². The van der Waals surface area contributed by atoms with Gasteiger partial charge in [0.1, 0.15) is 11.5 Å². The SMILES string of the molecule is COc1ccc(OC)c(C(N)COC(C)C(C)C)c1. The molecular weight excluding hydrogens is 242 g/mol. The van der Waals surface area contributed by atoms with Crippen LogP contribution in [0.2, 0.25) is 0 Å². The summed E-state index contributed by atoms with van der Waals surface area (Å²) in [6.45, 7) is 6.77. The van der Waals surface area contributed by atoms with Crippen LogP contribution in [0.1, 0.15) is 32.4 Å². The quantitative estimate of drug-likeness (QED) is 0.825. The van der Waals surface area contributed by atoms with Gasteiger partial charge in [-0.1, -0.05) is 13.8 Å². The summed E-state index contributed by atoms with van der Waals surface area (Å²) in [6, 6.07) is 5.38. The topological polar surface area (TPSA) is 53.7 Å². The summed E-state index contributed by atoms with van der Waals surface area (Å²) in [5, 5.41) is 0. The lowest BCUT2D eigenvalue weighted by molar-refractivity contribution is 0.0269. The molecule has 2 atom stereocenters. The minimum atomic E-state index is -0.230. The summed E-state index contributed by atoms with van der Waals surface area (Å²) < 4.78 is 16.3. The normalized spacial score (nSPS) is 14.3. The third-order valence-electron chi connectivity index (χ3n) is 3.31. The van der Waals surface area contributed by atoms with Crippen LogP contribution in [-0.2, 0) is 4.74 Å². The highest BCUT2D eigenvalue weighted by atomic mass is 16.5. The molecule has 1 rings (SSSR count). The maximum Gasteiger partial charge on any atom is 0.123 e. The molecule has 0 radical (unpaired) electrons. The summed E-state index contributed by atoms with van der Waals surface area (Å²) in [6.07, 6.45) is 0.183. The Labute approximate surface area is 115 Å². The van der Waals surface area contributed by atoms with Crippen LogP contribution in [0.5, 0.6) is 11.5 Å². The van der Waals surface area contributed by atoms with Crippen molar-refractivity contribution >= 4 is 0 Å². The Morgan fingerprint density at radius 2 is 1.79 bits per heavy atom. The third kappa shape index (κ3) is 4.40. The molecule has 0 saturated heterocycles. The number of rotatable bonds is 7. The average Bonchev–Trinajstić information content (AvgIpc) is 2.43. The lowest BCUT2D eigenvalue weighted by atomic mass is 10.1. The van der Waals surface area contributed by atoms with Crippen LogP contribution in [0.25, 0.3) is 0 Å². The monoisotopic (exact) mass is 267 g/mol. The second kappa shape index (κ2) is 7.36. The van der Waals surface area contributed by atoms with Crippen molar-refractivity contribution in [2.24, 2.45) is 11.7 Å². The van der Waals surface area contributed by atoms with Crippen LogP contribution >= 0.6 is 0 Å². The Bertz CT molecular complexity index is 393. The van der Waals surface area contributed by atoms with Crippen molar-refractivity contribution < 1.29 is 14.2 Å². The van der Waals surface area contributed by atoms with E-state index in [2.05, 4.69) is 20.8 Å². The fourth-order valence-corrected chi connectivity index (χ4v) is 1.67. The molecule has 2 unspecified atom stereocenters. The van der Waals surface area contributed by atoms with Gasteiger partial charge >= 0.3 is 0 Å². The van der Waals surface area contributed by atoms with Crippen molar-refractivity contribution in [1.29, 1.82) is 0 Å². The molecule has 108 valence electrons. The Morgan fingerprint density at radius 3 is 2.32 bits per heavy atom. The van der Waals surface area contributed by atoms with E-state index in [9.17, 15) is 0 Å². The van der Waals surface area contributed by atoms with Gasteiger partial charge in [-0.05, 0) is 31.0 Å². The first-order chi connectivity index (χ1) is 8.99. The number of ether oxygens (including phenoxy) is 3. The average molecular weight is 267 g/mol. The molecule has 19 heavy (non-hydrogen) atoms. The standard InChI is InChI=1S/C15H25NO3/c1-10(2)11(3)19-9-14(16)13-8-12(17-4)6-7-15(13)18-5/h6-8,10-11,14H,9,16H2,1-5H3. The molecule has 0 aliphatic carbocycles. The van der Waals surface area contributed by atoms with Gasteiger partial charge in [0.2, 0.25) is 0 Å². The van der Waals surface area contributed by atoms with Gasteiger partial charge < -0.3 is 19.9 Å². The molecule has 2 N–H and O–H groups in total. The highest BCUT2D eigenvalue weighted by molar-refractivity contribution is 5.42. The third-order valence-corrected chi connectivity index (χ3v) is 3.31. The van der Waals surface area contributed by atoms with E-state index in [4.69, 9.17) is 19.9 Å². The van der Waals surface area contributed by atoms with Gasteiger partial charge in [0, 0.05) is 5.56 Å². The summed E-state index contributed by atoms with van der Waals surface area (Å²) in [5.41, 5.74) is 7.08. The summed E-state index contributed by atoms with van der Waals surface area (Å²) in [4.78, 5) is 0. The lowest BCUT2D eigenvalue weighted by Crippen LogP contribution is -2.24. The zero-order valence-corrected chi connectivity index (χ0v) is 12.5. The number of benzene rings is 1. The second-order valence-corrected chi connectivity index (χ2v) is 5.00. The fraction of sp³-hybridized carbons (Fsp3) is 0.600. The zero-order chi connectivity index (χ0) is 14.4. The van der Waals surface area contributed by atoms with Crippen molar-refractivity contribution in [1.82, 2.24) is 0 Å². The lowest BCUT2D eigenvalue weighted by Gasteiger charge is -2.21. The van der Waals surface area contributed by atoms with Crippen molar-refractivity contribution in [3.8, 4) is 11.5 Å². The first kappa shape index (κ1) is 15.8. The molecule has 4 heteroatoms. The van der Waals surface area contributed by atoms with Crippen LogP contribution in [0.3, 0.4) is 0 Å². The molecule has 0 aromatic heterocycles. The molecule has 0 aliphatic rings. The van der Waals surface area contributed by atoms with Crippen molar-refractivity contribution in [2.75, 3.05) is 20.8 Å². The molecule has 0 heterocycles. The highest BCUT2D eigenvalue weighted by Gasteiger charge is 2.16. The van der Waals surface area contributed by atoms with Crippen LogP contribution in [-0.4, -0.2) is 26.9 Å². The second-order valence-electron chi connectivity index (χ2n) is 5.00. The Hall–Kier alpha value is -1.26. The molecule has 1 aromatic carbocycles. The Kier molecular flexibility index (Phi) is 6.12. The smallest absolute Gasteiger partial charge is 0.123 e. The van der Waals surface area contributed by atoms with Gasteiger partial charge in [0.25, 0.3) is 0 Å². The van der Waals surface area contributed by atoms with Crippen molar-refractivity contribution in [3.63, 3.8) is 0 Å². The first-order valence-corrected chi connectivity index (χ1v) is 6.58. The van der Waals surface area contributed by atoms with E-state index in [0.717, 1.165) is 17.1 Å². The minimum absolute atomic E-state index is 0.183. The van der Waals surface area contributed by atoms with E-state index in [1.54, 1.807) is 14.2 Å². The predicted molar refractivity (Wildman–Crippen MR) is 76.7 cm³/mol. The number of hydrogen-bond donors (Lipinski definition) is 1. The van der Waals surface area contributed by atoms with Crippen molar-refractivity contribution in [2.45, 2.75) is 32.9 Å². The van der Waals surface area contributed by atoms with Crippen molar-refractivity contribution in [3.05, 3.63) is 23.8 Å². The fourth-order valence-electron chi connectivity index (χ4n) is 1.67. The molecule has 0 saturated carbocycles. The summed E-state index contributed by atoms with van der Waals surface area (Å²) in [7, 11) is 3.27. The van der Waals surface area contributed by atoms with Gasteiger partial charge in [-0.25, -0.2) is 0 Å². The van der Waals surface area contributed by atoms with E-state index in [1.807, 2.05) is 18.2 Å². The first-order valence-electron chi connectivity index (χ1n) is 6.58. The zero-order valence-electron chi connectivity index (χ0n) is 12.5. The largest absolute Gasteiger partial charge is 0.497 e. The van der Waals surface area contributed by atoms with Gasteiger partial charge in [0.15, 0.2) is 0 Å². The summed E-state index contributed by atoms with van der Waals surface area (Å²) >= 11 is 0. The molecule has 1 aromatic rings. The maximum absolute atomic E-state index is 6.18. The highest BCUT2D eigenvalue weighted by Crippen LogP contribution is 2.28. The van der Waals surface area contributed by atoms with E-state index < -0.39 is 0 Å². The van der Waals surface area contributed by atoms with Crippen LogP contribution in [0.4, 0.5) is 0 Å². The number of methoxy groups -OCH3 is 2. The van der Waals surface area contributed by atoms with Crippen LogP contribution in [0, 0.1) is 5.92 Å². The Balaban J connectivity index is 2.77. The van der Waals surface area contributed by atoms with E-state index in [-0.39, 0.29) is 12.1 Å². The molecular formula is C15H25NO3. The molecule has 4 nitrogen and oxygen atoms in total. The molecule has 0 spiro atoms. The molecule has 0 bridgehead atoms. The predicted octanol–water partition coefficient (Wildman–Crippen LogP) is 2.76. The maximum atomic E-state index is 6.18. The molecule has 0 amide bonds. The van der Waals surface area contributed by atoms with Crippen LogP contribution in [0.15, 0.2) is 18.2 Å². The molecule has 0 fully saturated rings. The van der Waals surface area contributed by atoms with E-state index >= 15 is 0 Å². The minimum Gasteiger partial charge on any atom is -0.497 e. The molecule has 0 aliphatic heterocycles. The van der Waals surface area contributed by atoms with Crippen LogP contribution < -0.4 is 15.2 Å². The Morgan fingerprint density at radius 1 is 1.11 bits per heavy atom. The van der Waals surface area contributed by atoms with Gasteiger partial charge in [-0.2, -0.15) is 0 Å². The van der Waals surface area contributed by atoms with E-state index in [0.29, 0.717) is 12.5 Å². The number of hydrogen-bond acceptors (Lipinski definition) is 4. The summed E-state index contributed by atoms with van der Waals surface area (Å²) in [5.74, 6) is 2.00. The van der Waals surface area contributed by atoms with E-state index in [1.165, 1.54) is 0 Å².